The lowest BCUT2D eigenvalue weighted by molar-refractivity contribution is -0.113. The van der Waals surface area contributed by atoms with E-state index >= 15 is 0 Å². The zero-order valence-corrected chi connectivity index (χ0v) is 15.2. The number of nitrogens with zero attached hydrogens (tertiary/aromatic N) is 2. The van der Waals surface area contributed by atoms with Crippen LogP contribution in [0.25, 0.3) is 0 Å². The van der Waals surface area contributed by atoms with E-state index in [0.717, 1.165) is 11.3 Å². The van der Waals surface area contributed by atoms with Crippen LogP contribution in [0.3, 0.4) is 0 Å². The van der Waals surface area contributed by atoms with Gasteiger partial charge < -0.3 is 20.4 Å². The summed E-state index contributed by atoms with van der Waals surface area (Å²) in [6.07, 6.45) is 1.23. The molecule has 27 heavy (non-hydrogen) atoms. The Kier molecular flexibility index (Phi) is 4.94. The van der Waals surface area contributed by atoms with E-state index in [1.807, 2.05) is 6.07 Å². The average Bonchev–Trinajstić information content (AvgIpc) is 2.68. The molecular weight excluding hydrogens is 344 g/mol. The number of urea groups is 1. The summed E-state index contributed by atoms with van der Waals surface area (Å²) in [5.74, 6) is -0.481. The van der Waals surface area contributed by atoms with Gasteiger partial charge in [-0.05, 0) is 54.1 Å². The summed E-state index contributed by atoms with van der Waals surface area (Å²) in [7, 11) is 3.35. The molecule has 0 atom stereocenters. The van der Waals surface area contributed by atoms with Crippen LogP contribution in [0.5, 0.6) is 0 Å². The van der Waals surface area contributed by atoms with Gasteiger partial charge in [0.05, 0.1) is 0 Å². The molecule has 2 aromatic rings. The summed E-state index contributed by atoms with van der Waals surface area (Å²) in [5, 5.41) is 5.64. The first kappa shape index (κ1) is 18.2. The molecule has 138 valence electrons. The molecule has 0 unspecified atom stereocenters. The van der Waals surface area contributed by atoms with Crippen molar-refractivity contribution in [1.82, 2.24) is 4.90 Å². The molecule has 4 amide bonds. The Balaban J connectivity index is 1.72. The molecule has 1 aliphatic heterocycles. The molecule has 1 heterocycles. The van der Waals surface area contributed by atoms with Crippen LogP contribution in [-0.4, -0.2) is 36.8 Å². The van der Waals surface area contributed by atoms with E-state index in [2.05, 4.69) is 17.2 Å². The summed E-state index contributed by atoms with van der Waals surface area (Å²) >= 11 is 0. The maximum absolute atomic E-state index is 12.5. The van der Waals surface area contributed by atoms with E-state index in [1.54, 1.807) is 55.4 Å². The molecule has 0 saturated heterocycles. The molecule has 0 aromatic heterocycles. The van der Waals surface area contributed by atoms with Crippen LogP contribution in [0.1, 0.15) is 15.9 Å². The van der Waals surface area contributed by atoms with E-state index in [1.165, 1.54) is 11.0 Å². The highest BCUT2D eigenvalue weighted by molar-refractivity contribution is 6.05. The smallest absolute Gasteiger partial charge is 0.321 e. The maximum atomic E-state index is 12.5. The highest BCUT2D eigenvalue weighted by atomic mass is 16.2. The van der Waals surface area contributed by atoms with E-state index in [4.69, 9.17) is 0 Å². The van der Waals surface area contributed by atoms with Crippen LogP contribution >= 0.6 is 0 Å². The van der Waals surface area contributed by atoms with Crippen molar-refractivity contribution in [3.8, 4) is 0 Å². The fourth-order valence-corrected chi connectivity index (χ4v) is 2.77. The second-order valence-electron chi connectivity index (χ2n) is 6.26. The van der Waals surface area contributed by atoms with Gasteiger partial charge in [0.25, 0.3) is 5.91 Å². The Bertz CT molecular complexity index is 921. The van der Waals surface area contributed by atoms with Crippen molar-refractivity contribution in [3.05, 3.63) is 66.2 Å². The Hall–Kier alpha value is -3.61. The van der Waals surface area contributed by atoms with Crippen LogP contribution < -0.4 is 15.5 Å². The summed E-state index contributed by atoms with van der Waals surface area (Å²) < 4.78 is 0. The number of likely N-dealkylation sites (N-methyl/N-ethyl adjacent to an activating group) is 1. The maximum Gasteiger partial charge on any atom is 0.321 e. The predicted octanol–water partition coefficient (Wildman–Crippen LogP) is 3.07. The SMILES string of the molecule is C=CC(=O)N(C)c1ccc(C(=O)Nc2ccc3c(c2)CN(C)C(=O)N3)cc1. The second-order valence-corrected chi connectivity index (χ2v) is 6.26. The van der Waals surface area contributed by atoms with Gasteiger partial charge in [-0.2, -0.15) is 0 Å². The van der Waals surface area contributed by atoms with Gasteiger partial charge in [-0.1, -0.05) is 6.58 Å². The molecule has 7 heteroatoms. The number of hydrogen-bond acceptors (Lipinski definition) is 3. The summed E-state index contributed by atoms with van der Waals surface area (Å²) in [4.78, 5) is 38.8. The number of carbonyl (C=O) groups excluding carboxylic acids is 3. The third-order valence-corrected chi connectivity index (χ3v) is 4.38. The minimum absolute atomic E-state index is 0.153. The lowest BCUT2D eigenvalue weighted by atomic mass is 10.1. The van der Waals surface area contributed by atoms with Crippen molar-refractivity contribution in [2.75, 3.05) is 29.6 Å². The largest absolute Gasteiger partial charge is 0.323 e. The van der Waals surface area contributed by atoms with Gasteiger partial charge in [0.15, 0.2) is 0 Å². The monoisotopic (exact) mass is 364 g/mol. The van der Waals surface area contributed by atoms with Crippen molar-refractivity contribution < 1.29 is 14.4 Å². The average molecular weight is 364 g/mol. The topological polar surface area (TPSA) is 81.8 Å². The molecule has 3 rings (SSSR count). The Labute approximate surface area is 157 Å². The zero-order chi connectivity index (χ0) is 19.6. The quantitative estimate of drug-likeness (QED) is 0.818. The third-order valence-electron chi connectivity index (χ3n) is 4.38. The van der Waals surface area contributed by atoms with Gasteiger partial charge >= 0.3 is 6.03 Å². The van der Waals surface area contributed by atoms with Crippen molar-refractivity contribution in [3.63, 3.8) is 0 Å². The number of nitrogens with one attached hydrogen (secondary N) is 2. The molecule has 0 radical (unpaired) electrons. The minimum atomic E-state index is -0.257. The van der Waals surface area contributed by atoms with Crippen LogP contribution in [0.2, 0.25) is 0 Å². The normalized spacial score (nSPS) is 12.7. The number of fused-ring (bicyclic) bond motifs is 1. The van der Waals surface area contributed by atoms with E-state index in [0.29, 0.717) is 23.5 Å². The number of anilines is 3. The lowest BCUT2D eigenvalue weighted by Crippen LogP contribution is -2.35. The van der Waals surface area contributed by atoms with Crippen LogP contribution in [0, 0.1) is 0 Å². The fourth-order valence-electron chi connectivity index (χ4n) is 2.77. The van der Waals surface area contributed by atoms with Gasteiger partial charge in [-0.15, -0.1) is 0 Å². The molecule has 0 bridgehead atoms. The molecule has 0 fully saturated rings. The summed E-state index contributed by atoms with van der Waals surface area (Å²) in [6, 6.07) is 11.9. The molecule has 1 aliphatic rings. The first-order chi connectivity index (χ1) is 12.9. The van der Waals surface area contributed by atoms with Crippen LogP contribution in [-0.2, 0) is 11.3 Å². The highest BCUT2D eigenvalue weighted by Gasteiger charge is 2.19. The summed E-state index contributed by atoms with van der Waals surface area (Å²) in [5.41, 5.74) is 3.46. The molecule has 2 N–H and O–H groups in total. The number of benzene rings is 2. The Morgan fingerprint density at radius 1 is 1.22 bits per heavy atom. The number of rotatable bonds is 4. The molecule has 2 aromatic carbocycles. The van der Waals surface area contributed by atoms with Crippen molar-refractivity contribution in [1.29, 1.82) is 0 Å². The highest BCUT2D eigenvalue weighted by Crippen LogP contribution is 2.26. The second kappa shape index (κ2) is 7.33. The van der Waals surface area contributed by atoms with E-state index in [9.17, 15) is 14.4 Å². The number of carbonyl (C=O) groups is 3. The Morgan fingerprint density at radius 2 is 1.93 bits per heavy atom. The van der Waals surface area contributed by atoms with Crippen LogP contribution in [0.4, 0.5) is 21.9 Å². The fraction of sp³-hybridized carbons (Fsp3) is 0.150. The van der Waals surface area contributed by atoms with Gasteiger partial charge in [0.1, 0.15) is 0 Å². The molecule has 0 saturated carbocycles. The number of amides is 4. The molecule has 0 spiro atoms. The van der Waals surface area contributed by atoms with Crippen molar-refractivity contribution in [2.24, 2.45) is 0 Å². The van der Waals surface area contributed by atoms with Crippen molar-refractivity contribution in [2.45, 2.75) is 6.54 Å². The van der Waals surface area contributed by atoms with E-state index in [-0.39, 0.29) is 17.8 Å². The van der Waals surface area contributed by atoms with Gasteiger partial charge in [-0.3, -0.25) is 9.59 Å². The van der Waals surface area contributed by atoms with Crippen LogP contribution in [0.15, 0.2) is 55.1 Å². The van der Waals surface area contributed by atoms with Crippen molar-refractivity contribution >= 4 is 34.9 Å². The zero-order valence-electron chi connectivity index (χ0n) is 15.2. The lowest BCUT2D eigenvalue weighted by Gasteiger charge is -2.26. The minimum Gasteiger partial charge on any atom is -0.323 e. The van der Waals surface area contributed by atoms with E-state index < -0.39 is 0 Å². The molecule has 0 aliphatic carbocycles. The predicted molar refractivity (Wildman–Crippen MR) is 105 cm³/mol. The van der Waals surface area contributed by atoms with Gasteiger partial charge in [0.2, 0.25) is 5.91 Å². The third kappa shape index (κ3) is 3.82. The molecule has 7 nitrogen and oxygen atoms in total. The first-order valence-corrected chi connectivity index (χ1v) is 8.35. The first-order valence-electron chi connectivity index (χ1n) is 8.35. The summed E-state index contributed by atoms with van der Waals surface area (Å²) in [6.45, 7) is 3.93. The van der Waals surface area contributed by atoms with Gasteiger partial charge in [0, 0.05) is 43.3 Å². The van der Waals surface area contributed by atoms with Gasteiger partial charge in [-0.25, -0.2) is 4.79 Å². The standard InChI is InChI=1S/C20H20N4O3/c1-4-18(25)24(3)16-8-5-13(6-9-16)19(26)21-15-7-10-17-14(11-15)12-23(2)20(27)22-17/h4-11H,1,12H2,2-3H3,(H,21,26)(H,22,27). The Morgan fingerprint density at radius 3 is 2.59 bits per heavy atom. The molecular formula is C20H20N4O3. The number of hydrogen-bond donors (Lipinski definition) is 2.